The smallest absolute Gasteiger partial charge is 0.335 e. The largest absolute Gasteiger partial charge is 0.478 e. The minimum Gasteiger partial charge on any atom is -0.478 e. The number of aromatic carboxylic acids is 1. The monoisotopic (exact) mass is 668 g/mol. The predicted molar refractivity (Wildman–Crippen MR) is 167 cm³/mol. The number of carbonyl (C=O) groups is 2. The number of amides is 1. The molecule has 1 saturated heterocycles. The number of carboxylic acids is 1. The van der Waals surface area contributed by atoms with Crippen LogP contribution in [0.25, 0.3) is 22.3 Å². The van der Waals surface area contributed by atoms with E-state index in [2.05, 4.69) is 26.3 Å². The maximum absolute atomic E-state index is 15.6. The maximum atomic E-state index is 15.6. The van der Waals surface area contributed by atoms with Crippen LogP contribution in [0.5, 0.6) is 5.88 Å². The first-order valence-electron chi connectivity index (χ1n) is 15.4. The first-order valence-corrected chi connectivity index (χ1v) is 15.4. The molecule has 0 radical (unpaired) electrons. The van der Waals surface area contributed by atoms with Crippen LogP contribution in [-0.2, 0) is 24.3 Å². The van der Waals surface area contributed by atoms with E-state index in [-0.39, 0.29) is 76.5 Å². The van der Waals surface area contributed by atoms with E-state index >= 15 is 8.78 Å². The number of carbonyl (C=O) groups excluding carboxylic acids is 1. The summed E-state index contributed by atoms with van der Waals surface area (Å²) in [6.45, 7) is 0.829. The van der Waals surface area contributed by atoms with E-state index in [1.165, 1.54) is 24.4 Å². The van der Waals surface area contributed by atoms with E-state index < -0.39 is 34.9 Å². The number of pyridine rings is 2. The van der Waals surface area contributed by atoms with Crippen LogP contribution in [0.1, 0.15) is 57.1 Å². The van der Waals surface area contributed by atoms with E-state index in [9.17, 15) is 24.3 Å². The summed E-state index contributed by atoms with van der Waals surface area (Å²) in [6.07, 6.45) is 3.01. The molecule has 248 valence electrons. The third kappa shape index (κ3) is 6.53. The van der Waals surface area contributed by atoms with Crippen LogP contribution in [0.2, 0.25) is 0 Å². The molecule has 1 aliphatic heterocycles. The molecule has 0 bridgehead atoms. The van der Waals surface area contributed by atoms with Crippen LogP contribution >= 0.6 is 0 Å². The molecule has 0 spiro atoms. The van der Waals surface area contributed by atoms with Gasteiger partial charge >= 0.3 is 5.97 Å². The van der Waals surface area contributed by atoms with Crippen molar-refractivity contribution in [1.82, 2.24) is 24.8 Å². The quantitative estimate of drug-likeness (QED) is 0.190. The number of nitrogens with zero attached hydrogens (tertiary/aromatic N) is 5. The molecular formula is C35H27F3N6O5. The summed E-state index contributed by atoms with van der Waals surface area (Å²) < 4.78 is 58.9. The molecule has 2 aliphatic rings. The molecule has 2 N–H and O–H groups in total. The highest BCUT2D eigenvalue weighted by Crippen LogP contribution is 2.34. The van der Waals surface area contributed by atoms with Crippen LogP contribution in [0.15, 0.2) is 60.8 Å². The van der Waals surface area contributed by atoms with Gasteiger partial charge in [-0.05, 0) is 61.2 Å². The van der Waals surface area contributed by atoms with Crippen molar-refractivity contribution in [3.05, 3.63) is 106 Å². The van der Waals surface area contributed by atoms with Crippen molar-refractivity contribution in [2.75, 3.05) is 6.61 Å². The molecule has 2 fully saturated rings. The molecule has 0 unspecified atom stereocenters. The highest BCUT2D eigenvalue weighted by molar-refractivity contribution is 5.93. The highest BCUT2D eigenvalue weighted by atomic mass is 19.1. The second-order valence-corrected chi connectivity index (χ2v) is 12.0. The number of hydrogen-bond donors (Lipinski definition) is 2. The molecule has 14 heteroatoms. The van der Waals surface area contributed by atoms with Gasteiger partial charge in [-0.15, -0.1) is 0 Å². The summed E-state index contributed by atoms with van der Waals surface area (Å²) in [5.41, 5.74) is -0.153. The number of rotatable bonds is 11. The Morgan fingerprint density at radius 2 is 1.90 bits per heavy atom. The Morgan fingerprint density at radius 3 is 2.57 bits per heavy atom. The van der Waals surface area contributed by atoms with E-state index in [1.54, 1.807) is 22.8 Å². The third-order valence-electron chi connectivity index (χ3n) is 8.56. The van der Waals surface area contributed by atoms with Gasteiger partial charge in [-0.3, -0.25) is 9.78 Å². The first kappa shape index (κ1) is 31.8. The number of halogens is 3. The summed E-state index contributed by atoms with van der Waals surface area (Å²) in [5, 5.41) is 21.3. The summed E-state index contributed by atoms with van der Waals surface area (Å²) in [6, 6.07) is 14.2. The molecule has 1 atom stereocenters. The van der Waals surface area contributed by atoms with Crippen molar-refractivity contribution in [2.45, 2.75) is 50.5 Å². The maximum Gasteiger partial charge on any atom is 0.335 e. The molecule has 3 aromatic heterocycles. The molecule has 4 heterocycles. The number of fused-ring (bicyclic) bond motifs is 1. The Morgan fingerprint density at radius 1 is 1.08 bits per heavy atom. The van der Waals surface area contributed by atoms with Crippen molar-refractivity contribution >= 4 is 22.9 Å². The molecule has 1 aliphatic carbocycles. The minimum atomic E-state index is -1.31. The van der Waals surface area contributed by atoms with Gasteiger partial charge in [-0.25, -0.2) is 27.9 Å². The number of carboxylic acid groups (broad SMARTS) is 1. The zero-order chi connectivity index (χ0) is 34.3. The lowest BCUT2D eigenvalue weighted by Gasteiger charge is -2.27. The lowest BCUT2D eigenvalue weighted by Crippen LogP contribution is -2.36. The Bertz CT molecular complexity index is 2160. The second kappa shape index (κ2) is 12.7. The van der Waals surface area contributed by atoms with Crippen molar-refractivity contribution in [3.8, 4) is 23.2 Å². The average molecular weight is 669 g/mol. The molecule has 2 aromatic carbocycles. The molecule has 7 rings (SSSR count). The molecule has 5 aromatic rings. The van der Waals surface area contributed by atoms with Crippen LogP contribution in [0.4, 0.5) is 13.2 Å². The Balaban J connectivity index is 1.08. The summed E-state index contributed by atoms with van der Waals surface area (Å²) in [7, 11) is 0. The fraction of sp³-hybridized carbons (Fsp3) is 0.257. The molecule has 49 heavy (non-hydrogen) atoms. The summed E-state index contributed by atoms with van der Waals surface area (Å²) in [4.78, 5) is 36.8. The van der Waals surface area contributed by atoms with Crippen LogP contribution in [0, 0.1) is 28.8 Å². The van der Waals surface area contributed by atoms with Gasteiger partial charge in [-0.2, -0.15) is 5.26 Å². The van der Waals surface area contributed by atoms with Gasteiger partial charge in [0.25, 0.3) is 5.91 Å². The van der Waals surface area contributed by atoms with Gasteiger partial charge in [0.1, 0.15) is 40.8 Å². The van der Waals surface area contributed by atoms with Crippen molar-refractivity contribution in [3.63, 3.8) is 0 Å². The van der Waals surface area contributed by atoms with E-state index in [1.807, 2.05) is 0 Å². The highest BCUT2D eigenvalue weighted by Gasteiger charge is 2.45. The number of ether oxygens (including phenoxy) is 2. The average Bonchev–Trinajstić information content (AvgIpc) is 3.76. The van der Waals surface area contributed by atoms with E-state index in [0.29, 0.717) is 25.0 Å². The lowest BCUT2D eigenvalue weighted by molar-refractivity contribution is -0.0589. The number of nitriles is 1. The molecular weight excluding hydrogens is 641 g/mol. The van der Waals surface area contributed by atoms with Gasteiger partial charge in [0.2, 0.25) is 5.88 Å². The number of nitrogens with one attached hydrogen (secondary N) is 1. The van der Waals surface area contributed by atoms with E-state index in [4.69, 9.17) is 9.47 Å². The van der Waals surface area contributed by atoms with Gasteiger partial charge in [-0.1, -0.05) is 12.1 Å². The van der Waals surface area contributed by atoms with Gasteiger partial charge in [0, 0.05) is 36.4 Å². The van der Waals surface area contributed by atoms with Crippen LogP contribution < -0.4 is 10.1 Å². The number of aromatic nitrogens is 4. The van der Waals surface area contributed by atoms with Crippen molar-refractivity contribution in [2.24, 2.45) is 0 Å². The molecule has 1 saturated carbocycles. The zero-order valence-corrected chi connectivity index (χ0v) is 25.8. The topological polar surface area (TPSA) is 152 Å². The number of imidazole rings is 1. The predicted octanol–water partition coefficient (Wildman–Crippen LogP) is 5.35. The molecule has 11 nitrogen and oxygen atoms in total. The SMILES string of the molecule is N#CC1(NC(=O)c2ccc(COc3cccc(-c4cc(F)c(Cc5nc6c(F)cc(C(=O)O)cc6n5C[C@@H]5CCO5)cc4F)n3)cn2)CC1. The fourth-order valence-corrected chi connectivity index (χ4v) is 5.53. The second-order valence-electron chi connectivity index (χ2n) is 12.0. The van der Waals surface area contributed by atoms with Crippen molar-refractivity contribution < 1.29 is 37.3 Å². The third-order valence-corrected chi connectivity index (χ3v) is 8.56. The molecule has 1 amide bonds. The van der Waals surface area contributed by atoms with Gasteiger partial charge in [0.15, 0.2) is 5.82 Å². The van der Waals surface area contributed by atoms with Gasteiger partial charge in [0.05, 0.1) is 35.5 Å². The Hall–Kier alpha value is -5.81. The van der Waals surface area contributed by atoms with Crippen LogP contribution in [0.3, 0.4) is 0 Å². The normalized spacial score (nSPS) is 16.1. The van der Waals surface area contributed by atoms with E-state index in [0.717, 1.165) is 24.6 Å². The zero-order valence-electron chi connectivity index (χ0n) is 25.8. The van der Waals surface area contributed by atoms with Crippen molar-refractivity contribution in [1.29, 1.82) is 5.26 Å². The first-order chi connectivity index (χ1) is 23.6. The minimum absolute atomic E-state index is 0.0325. The summed E-state index contributed by atoms with van der Waals surface area (Å²) in [5.74, 6) is -3.71. The fourth-order valence-electron chi connectivity index (χ4n) is 5.53. The number of hydrogen-bond acceptors (Lipinski definition) is 8. The summed E-state index contributed by atoms with van der Waals surface area (Å²) >= 11 is 0. The van der Waals surface area contributed by atoms with Crippen LogP contribution in [-0.4, -0.2) is 54.8 Å². The number of benzene rings is 2. The lowest BCUT2D eigenvalue weighted by atomic mass is 10.0. The van der Waals surface area contributed by atoms with Gasteiger partial charge < -0.3 is 24.5 Å². The Labute approximate surface area is 277 Å². The standard InChI is InChI=1S/C35H27F3N6O5/c36-24-14-23(27-2-1-3-31(41-27)49-17-19-4-5-28(40-15-19)33(45)43-35(18-39)7-8-35)25(37)10-20(24)13-30-42-32-26(38)11-21(34(46)47)12-29(32)44(30)16-22-6-9-48-22/h1-5,10-12,14-15,22H,6-9,13,16-17H2,(H,43,45)(H,46,47)/t22-/m0/s1. The Kier molecular flexibility index (Phi) is 8.21.